The third-order valence-electron chi connectivity index (χ3n) is 3.59. The van der Waals surface area contributed by atoms with Gasteiger partial charge in [0, 0.05) is 23.5 Å². The molecule has 7 heteroatoms. The number of aromatic nitrogens is 2. The molecule has 0 spiro atoms. The standard InChI is InChI=1S/C18H21N5O2/c1-12(2)11-15(18(25)22-8-7-19)23-17(24)14-5-3-13(4-6-14)16-20-9-10-21-16/h3-6,9-10,12,15H,8,11H2,1-2H3,(H,20,21)(H,22,25)(H,23,24)/t15-/m0/s1. The van der Waals surface area contributed by atoms with Crippen LogP contribution in [0.3, 0.4) is 0 Å². The topological polar surface area (TPSA) is 111 Å². The molecule has 0 unspecified atom stereocenters. The maximum Gasteiger partial charge on any atom is 0.251 e. The number of carbonyl (C=O) groups excluding carboxylic acids is 2. The van der Waals surface area contributed by atoms with Crippen LogP contribution in [-0.2, 0) is 4.79 Å². The number of rotatable bonds is 7. The molecule has 7 nitrogen and oxygen atoms in total. The van der Waals surface area contributed by atoms with Crippen LogP contribution in [0.1, 0.15) is 30.6 Å². The fourth-order valence-electron chi connectivity index (χ4n) is 2.40. The molecule has 2 rings (SSSR count). The second-order valence-electron chi connectivity index (χ2n) is 6.05. The van der Waals surface area contributed by atoms with Crippen LogP contribution in [0, 0.1) is 17.2 Å². The molecule has 25 heavy (non-hydrogen) atoms. The summed E-state index contributed by atoms with van der Waals surface area (Å²) in [6.45, 7) is 3.85. The number of benzene rings is 1. The van der Waals surface area contributed by atoms with E-state index in [9.17, 15) is 9.59 Å². The maximum absolute atomic E-state index is 12.4. The van der Waals surface area contributed by atoms with E-state index in [1.165, 1.54) is 0 Å². The summed E-state index contributed by atoms with van der Waals surface area (Å²) < 4.78 is 0. The average Bonchev–Trinajstić information content (AvgIpc) is 3.13. The van der Waals surface area contributed by atoms with Crippen molar-refractivity contribution in [2.45, 2.75) is 26.3 Å². The summed E-state index contributed by atoms with van der Waals surface area (Å²) in [5.74, 6) is 0.263. The van der Waals surface area contributed by atoms with Crippen molar-refractivity contribution in [1.29, 1.82) is 5.26 Å². The van der Waals surface area contributed by atoms with Crippen molar-refractivity contribution in [3.8, 4) is 17.5 Å². The van der Waals surface area contributed by atoms with Crippen molar-refractivity contribution in [3.05, 3.63) is 42.2 Å². The molecule has 1 atom stereocenters. The Morgan fingerprint density at radius 2 is 2.00 bits per heavy atom. The van der Waals surface area contributed by atoms with Gasteiger partial charge in [0.25, 0.3) is 5.91 Å². The molecule has 1 aromatic carbocycles. The SMILES string of the molecule is CC(C)C[C@H](NC(=O)c1ccc(-c2ncc[nH]2)cc1)C(=O)NCC#N. The van der Waals surface area contributed by atoms with Gasteiger partial charge in [0.15, 0.2) is 0 Å². The zero-order chi connectivity index (χ0) is 18.2. The van der Waals surface area contributed by atoms with Crippen molar-refractivity contribution < 1.29 is 9.59 Å². The van der Waals surface area contributed by atoms with Crippen LogP contribution < -0.4 is 10.6 Å². The molecule has 0 aliphatic rings. The van der Waals surface area contributed by atoms with E-state index in [1.54, 1.807) is 36.7 Å². The summed E-state index contributed by atoms with van der Waals surface area (Å²) in [7, 11) is 0. The van der Waals surface area contributed by atoms with E-state index in [4.69, 9.17) is 5.26 Å². The molecule has 0 saturated heterocycles. The van der Waals surface area contributed by atoms with E-state index in [1.807, 2.05) is 19.9 Å². The minimum absolute atomic E-state index is 0.0822. The lowest BCUT2D eigenvalue weighted by Crippen LogP contribution is -2.47. The third-order valence-corrected chi connectivity index (χ3v) is 3.59. The summed E-state index contributed by atoms with van der Waals surface area (Å²) in [6, 6.07) is 8.14. The van der Waals surface area contributed by atoms with Crippen molar-refractivity contribution >= 4 is 11.8 Å². The molecule has 2 amide bonds. The monoisotopic (exact) mass is 339 g/mol. The molecule has 3 N–H and O–H groups in total. The van der Waals surface area contributed by atoms with Crippen LogP contribution in [-0.4, -0.2) is 34.4 Å². The molecule has 2 aromatic rings. The van der Waals surface area contributed by atoms with E-state index >= 15 is 0 Å². The largest absolute Gasteiger partial charge is 0.345 e. The Kier molecular flexibility index (Phi) is 6.29. The van der Waals surface area contributed by atoms with Gasteiger partial charge in [-0.05, 0) is 24.5 Å². The van der Waals surface area contributed by atoms with Gasteiger partial charge >= 0.3 is 0 Å². The van der Waals surface area contributed by atoms with Crippen LogP contribution in [0.4, 0.5) is 0 Å². The molecule has 0 aliphatic carbocycles. The summed E-state index contributed by atoms with van der Waals surface area (Å²) >= 11 is 0. The van der Waals surface area contributed by atoms with Crippen LogP contribution in [0.25, 0.3) is 11.4 Å². The first kappa shape index (κ1) is 18.2. The van der Waals surface area contributed by atoms with Crippen molar-refractivity contribution in [2.75, 3.05) is 6.54 Å². The lowest BCUT2D eigenvalue weighted by atomic mass is 10.0. The van der Waals surface area contributed by atoms with Gasteiger partial charge in [-0.2, -0.15) is 5.26 Å². The number of amides is 2. The predicted molar refractivity (Wildman–Crippen MR) is 93.4 cm³/mol. The van der Waals surface area contributed by atoms with E-state index in [0.717, 1.165) is 11.4 Å². The summed E-state index contributed by atoms with van der Waals surface area (Å²) in [6.07, 6.45) is 3.88. The van der Waals surface area contributed by atoms with Crippen molar-refractivity contribution in [1.82, 2.24) is 20.6 Å². The molecule has 130 valence electrons. The van der Waals surface area contributed by atoms with Crippen LogP contribution in [0.2, 0.25) is 0 Å². The highest BCUT2D eigenvalue weighted by Crippen LogP contribution is 2.15. The molecule has 1 heterocycles. The number of hydrogen-bond acceptors (Lipinski definition) is 4. The Labute approximate surface area is 146 Å². The third kappa shape index (κ3) is 5.18. The van der Waals surface area contributed by atoms with Gasteiger partial charge < -0.3 is 15.6 Å². The number of nitriles is 1. The minimum atomic E-state index is -0.675. The Hall–Kier alpha value is -3.14. The lowest BCUT2D eigenvalue weighted by molar-refractivity contribution is -0.123. The summed E-state index contributed by atoms with van der Waals surface area (Å²) in [5.41, 5.74) is 1.32. The first-order chi connectivity index (χ1) is 12.0. The first-order valence-electron chi connectivity index (χ1n) is 8.06. The number of nitrogens with zero attached hydrogens (tertiary/aromatic N) is 2. The van der Waals surface area contributed by atoms with Crippen LogP contribution >= 0.6 is 0 Å². The van der Waals surface area contributed by atoms with Gasteiger partial charge in [0.1, 0.15) is 18.4 Å². The second-order valence-corrected chi connectivity index (χ2v) is 6.05. The zero-order valence-corrected chi connectivity index (χ0v) is 14.2. The van der Waals surface area contributed by atoms with E-state index in [0.29, 0.717) is 12.0 Å². The zero-order valence-electron chi connectivity index (χ0n) is 14.2. The Morgan fingerprint density at radius 1 is 1.28 bits per heavy atom. The normalized spacial score (nSPS) is 11.6. The average molecular weight is 339 g/mol. The van der Waals surface area contributed by atoms with E-state index in [2.05, 4.69) is 20.6 Å². The fraction of sp³-hybridized carbons (Fsp3) is 0.333. The minimum Gasteiger partial charge on any atom is -0.345 e. The molecule has 0 aliphatic heterocycles. The van der Waals surface area contributed by atoms with Gasteiger partial charge in [-0.3, -0.25) is 9.59 Å². The number of carbonyl (C=O) groups is 2. The number of aromatic amines is 1. The second kappa shape index (κ2) is 8.64. The molecular weight excluding hydrogens is 318 g/mol. The Bertz CT molecular complexity index is 745. The van der Waals surface area contributed by atoms with Crippen molar-refractivity contribution in [3.63, 3.8) is 0 Å². The molecule has 1 aromatic heterocycles. The van der Waals surface area contributed by atoms with E-state index in [-0.39, 0.29) is 24.3 Å². The van der Waals surface area contributed by atoms with Gasteiger partial charge in [-0.25, -0.2) is 4.98 Å². The molecule has 0 fully saturated rings. The smallest absolute Gasteiger partial charge is 0.251 e. The van der Waals surface area contributed by atoms with Crippen molar-refractivity contribution in [2.24, 2.45) is 5.92 Å². The maximum atomic E-state index is 12.4. The number of imidazole rings is 1. The number of hydrogen-bond donors (Lipinski definition) is 3. The summed E-state index contributed by atoms with van der Waals surface area (Å²) in [4.78, 5) is 31.7. The Morgan fingerprint density at radius 3 is 2.56 bits per heavy atom. The fourth-order valence-corrected chi connectivity index (χ4v) is 2.40. The molecule has 0 saturated carbocycles. The Balaban J connectivity index is 2.06. The van der Waals surface area contributed by atoms with Gasteiger partial charge in [0.05, 0.1) is 6.07 Å². The first-order valence-corrected chi connectivity index (χ1v) is 8.06. The van der Waals surface area contributed by atoms with Gasteiger partial charge in [-0.1, -0.05) is 26.0 Å². The number of H-pyrrole nitrogens is 1. The van der Waals surface area contributed by atoms with E-state index < -0.39 is 6.04 Å². The highest BCUT2D eigenvalue weighted by molar-refractivity contribution is 5.97. The van der Waals surface area contributed by atoms with Crippen LogP contribution in [0.5, 0.6) is 0 Å². The molecule has 0 bridgehead atoms. The quantitative estimate of drug-likeness (QED) is 0.669. The van der Waals surface area contributed by atoms with Gasteiger partial charge in [-0.15, -0.1) is 0 Å². The summed E-state index contributed by atoms with van der Waals surface area (Å²) in [5, 5.41) is 13.8. The van der Waals surface area contributed by atoms with Gasteiger partial charge in [0.2, 0.25) is 5.91 Å². The number of nitrogens with one attached hydrogen (secondary N) is 3. The predicted octanol–water partition coefficient (Wildman–Crippen LogP) is 1.86. The molecule has 0 radical (unpaired) electrons. The molecular formula is C18H21N5O2. The van der Waals surface area contributed by atoms with Crippen LogP contribution in [0.15, 0.2) is 36.7 Å². The highest BCUT2D eigenvalue weighted by atomic mass is 16.2. The highest BCUT2D eigenvalue weighted by Gasteiger charge is 2.22. The lowest BCUT2D eigenvalue weighted by Gasteiger charge is -2.19.